The standard InChI is InChI=1S/C21H21F3N4OS/c1-25-20(27-12-19-28-18(14-30-19)21(22,23)24)26-11-15-7-9-17(10-8-15)29-13-16-5-3-2-4-6-16/h2-10,14H,11-13H2,1H3,(H2,25,26,27). The van der Waals surface area contributed by atoms with Crippen molar-refractivity contribution >= 4 is 17.3 Å². The van der Waals surface area contributed by atoms with E-state index >= 15 is 0 Å². The summed E-state index contributed by atoms with van der Waals surface area (Å²) in [7, 11) is 1.60. The maximum atomic E-state index is 12.6. The van der Waals surface area contributed by atoms with Gasteiger partial charge in [0.1, 0.15) is 17.4 Å². The van der Waals surface area contributed by atoms with E-state index in [1.807, 2.05) is 54.6 Å². The van der Waals surface area contributed by atoms with Gasteiger partial charge in [-0.1, -0.05) is 42.5 Å². The second-order valence-electron chi connectivity index (χ2n) is 6.32. The molecule has 0 amide bonds. The molecule has 1 aromatic heterocycles. The number of thiazole rings is 1. The topological polar surface area (TPSA) is 58.5 Å². The average molecular weight is 434 g/mol. The number of halogens is 3. The lowest BCUT2D eigenvalue weighted by atomic mass is 10.2. The summed E-state index contributed by atoms with van der Waals surface area (Å²) in [5, 5.41) is 7.44. The molecule has 2 aromatic carbocycles. The van der Waals surface area contributed by atoms with Crippen LogP contribution in [-0.4, -0.2) is 18.0 Å². The Morgan fingerprint density at radius 1 is 1.00 bits per heavy atom. The Hall–Kier alpha value is -3.07. The smallest absolute Gasteiger partial charge is 0.434 e. The van der Waals surface area contributed by atoms with Gasteiger partial charge in [-0.05, 0) is 23.3 Å². The lowest BCUT2D eigenvalue weighted by Crippen LogP contribution is -2.36. The van der Waals surface area contributed by atoms with Crippen molar-refractivity contribution in [2.45, 2.75) is 25.9 Å². The van der Waals surface area contributed by atoms with Crippen LogP contribution in [0.4, 0.5) is 13.2 Å². The summed E-state index contributed by atoms with van der Waals surface area (Å²) < 4.78 is 43.6. The molecule has 0 fully saturated rings. The molecule has 9 heteroatoms. The molecule has 30 heavy (non-hydrogen) atoms. The van der Waals surface area contributed by atoms with Gasteiger partial charge in [0, 0.05) is 19.0 Å². The summed E-state index contributed by atoms with van der Waals surface area (Å²) >= 11 is 0.958. The number of nitrogens with one attached hydrogen (secondary N) is 2. The van der Waals surface area contributed by atoms with Crippen LogP contribution in [0.1, 0.15) is 21.8 Å². The maximum absolute atomic E-state index is 12.6. The first-order valence-corrected chi connectivity index (χ1v) is 10.0. The number of rotatable bonds is 7. The Bertz CT molecular complexity index is 956. The fraction of sp³-hybridized carbons (Fsp3) is 0.238. The van der Waals surface area contributed by atoms with Crippen LogP contribution in [-0.2, 0) is 25.9 Å². The SMILES string of the molecule is CN=C(NCc1ccc(OCc2ccccc2)cc1)NCc1nc(C(F)(F)F)cs1. The van der Waals surface area contributed by atoms with Gasteiger partial charge in [0.25, 0.3) is 0 Å². The van der Waals surface area contributed by atoms with E-state index in [0.29, 0.717) is 24.1 Å². The van der Waals surface area contributed by atoms with Crippen molar-refractivity contribution in [3.05, 3.63) is 81.8 Å². The molecular formula is C21H21F3N4OS. The molecule has 158 valence electrons. The molecule has 0 radical (unpaired) electrons. The second kappa shape index (κ2) is 10.1. The first kappa shape index (κ1) is 21.6. The van der Waals surface area contributed by atoms with Gasteiger partial charge >= 0.3 is 6.18 Å². The Labute approximate surface area is 176 Å². The molecule has 0 aliphatic heterocycles. The van der Waals surface area contributed by atoms with Crippen molar-refractivity contribution in [2.75, 3.05) is 7.05 Å². The lowest BCUT2D eigenvalue weighted by molar-refractivity contribution is -0.140. The minimum atomic E-state index is -4.42. The molecular weight excluding hydrogens is 413 g/mol. The van der Waals surface area contributed by atoms with Gasteiger partial charge in [-0.25, -0.2) is 4.98 Å². The number of aliphatic imine (C=N–C) groups is 1. The number of ether oxygens (including phenoxy) is 1. The van der Waals surface area contributed by atoms with Crippen molar-refractivity contribution < 1.29 is 17.9 Å². The Balaban J connectivity index is 1.45. The van der Waals surface area contributed by atoms with Crippen LogP contribution in [0.2, 0.25) is 0 Å². The van der Waals surface area contributed by atoms with Gasteiger partial charge in [0.2, 0.25) is 0 Å². The second-order valence-corrected chi connectivity index (χ2v) is 7.26. The Morgan fingerprint density at radius 3 is 2.33 bits per heavy atom. The molecule has 0 saturated carbocycles. The van der Waals surface area contributed by atoms with E-state index in [1.54, 1.807) is 7.05 Å². The largest absolute Gasteiger partial charge is 0.489 e. The Morgan fingerprint density at radius 2 is 1.70 bits per heavy atom. The number of hydrogen-bond acceptors (Lipinski definition) is 4. The number of aromatic nitrogens is 1. The number of nitrogens with zero attached hydrogens (tertiary/aromatic N) is 2. The van der Waals surface area contributed by atoms with Gasteiger partial charge in [0.15, 0.2) is 11.7 Å². The lowest BCUT2D eigenvalue weighted by Gasteiger charge is -2.12. The third kappa shape index (κ3) is 6.48. The zero-order valence-corrected chi connectivity index (χ0v) is 17.1. The van der Waals surface area contributed by atoms with Crippen LogP contribution in [0.5, 0.6) is 5.75 Å². The summed E-state index contributed by atoms with van der Waals surface area (Å²) in [5.41, 5.74) is 1.24. The molecule has 0 bridgehead atoms. The van der Waals surface area contributed by atoms with Gasteiger partial charge < -0.3 is 15.4 Å². The van der Waals surface area contributed by atoms with Gasteiger partial charge in [-0.3, -0.25) is 4.99 Å². The molecule has 3 aromatic rings. The first-order valence-electron chi connectivity index (χ1n) is 9.16. The van der Waals surface area contributed by atoms with Gasteiger partial charge in [-0.15, -0.1) is 11.3 Å². The molecule has 0 spiro atoms. The quantitative estimate of drug-likeness (QED) is 0.421. The fourth-order valence-electron chi connectivity index (χ4n) is 2.53. The van der Waals surface area contributed by atoms with Crippen molar-refractivity contribution in [3.63, 3.8) is 0 Å². The van der Waals surface area contributed by atoms with Gasteiger partial charge in [-0.2, -0.15) is 13.2 Å². The molecule has 0 unspecified atom stereocenters. The molecule has 0 atom stereocenters. The van der Waals surface area contributed by atoms with E-state index in [9.17, 15) is 13.2 Å². The van der Waals surface area contributed by atoms with Gasteiger partial charge in [0.05, 0.1) is 6.54 Å². The van der Waals surface area contributed by atoms with Crippen LogP contribution in [0.15, 0.2) is 65.0 Å². The minimum Gasteiger partial charge on any atom is -0.489 e. The number of alkyl halides is 3. The number of hydrogen-bond donors (Lipinski definition) is 2. The normalized spacial score (nSPS) is 11.9. The van der Waals surface area contributed by atoms with E-state index in [4.69, 9.17) is 4.74 Å². The van der Waals surface area contributed by atoms with Crippen LogP contribution in [0.25, 0.3) is 0 Å². The zero-order valence-electron chi connectivity index (χ0n) is 16.2. The summed E-state index contributed by atoms with van der Waals surface area (Å²) in [5.74, 6) is 1.25. The minimum absolute atomic E-state index is 0.159. The molecule has 0 aliphatic carbocycles. The molecule has 2 N–H and O–H groups in total. The highest BCUT2D eigenvalue weighted by Crippen LogP contribution is 2.29. The van der Waals surface area contributed by atoms with Crippen LogP contribution < -0.4 is 15.4 Å². The summed E-state index contributed by atoms with van der Waals surface area (Å²) in [4.78, 5) is 7.67. The Kier molecular flexibility index (Phi) is 7.29. The fourth-order valence-corrected chi connectivity index (χ4v) is 3.27. The van der Waals surface area contributed by atoms with E-state index in [2.05, 4.69) is 20.6 Å². The predicted octanol–water partition coefficient (Wildman–Crippen LogP) is 4.61. The third-order valence-electron chi connectivity index (χ3n) is 4.10. The van der Waals surface area contributed by atoms with Crippen molar-refractivity contribution in [1.82, 2.24) is 15.6 Å². The van der Waals surface area contributed by atoms with E-state index < -0.39 is 11.9 Å². The highest BCUT2D eigenvalue weighted by Gasteiger charge is 2.33. The molecule has 1 heterocycles. The van der Waals surface area contributed by atoms with Crippen LogP contribution >= 0.6 is 11.3 Å². The van der Waals surface area contributed by atoms with E-state index in [0.717, 1.165) is 33.6 Å². The zero-order chi connectivity index (χ0) is 21.4. The number of guanidine groups is 1. The molecule has 5 nitrogen and oxygen atoms in total. The summed E-state index contributed by atoms with van der Waals surface area (Å²) in [6.45, 7) is 1.17. The van der Waals surface area contributed by atoms with Crippen molar-refractivity contribution in [2.24, 2.45) is 4.99 Å². The summed E-state index contributed by atoms with van der Waals surface area (Å²) in [6.07, 6.45) is -4.42. The molecule has 3 rings (SSSR count). The van der Waals surface area contributed by atoms with E-state index in [-0.39, 0.29) is 6.54 Å². The maximum Gasteiger partial charge on any atom is 0.434 e. The number of benzene rings is 2. The third-order valence-corrected chi connectivity index (χ3v) is 4.95. The first-order chi connectivity index (χ1) is 14.4. The van der Waals surface area contributed by atoms with E-state index in [1.165, 1.54) is 0 Å². The molecule has 0 aliphatic rings. The van der Waals surface area contributed by atoms with Crippen LogP contribution in [0, 0.1) is 0 Å². The monoisotopic (exact) mass is 434 g/mol. The highest BCUT2D eigenvalue weighted by molar-refractivity contribution is 7.09. The van der Waals surface area contributed by atoms with Crippen LogP contribution in [0.3, 0.4) is 0 Å². The van der Waals surface area contributed by atoms with Crippen molar-refractivity contribution in [1.29, 1.82) is 0 Å². The highest BCUT2D eigenvalue weighted by atomic mass is 32.1. The predicted molar refractivity (Wildman–Crippen MR) is 111 cm³/mol. The summed E-state index contributed by atoms with van der Waals surface area (Å²) in [6, 6.07) is 17.6. The van der Waals surface area contributed by atoms with Crippen molar-refractivity contribution in [3.8, 4) is 5.75 Å². The molecule has 0 saturated heterocycles. The average Bonchev–Trinajstić information content (AvgIpc) is 3.24.